The van der Waals surface area contributed by atoms with Gasteiger partial charge in [0.1, 0.15) is 0 Å². The van der Waals surface area contributed by atoms with Crippen LogP contribution >= 0.6 is 11.9 Å². The number of rotatable bonds is 2. The van der Waals surface area contributed by atoms with E-state index < -0.39 is 6.05 Å². The molecule has 0 radical (unpaired) electrons. The van der Waals surface area contributed by atoms with Crippen LogP contribution in [0.5, 0.6) is 0 Å². The molecule has 1 rings (SSSR count). The summed E-state index contributed by atoms with van der Waals surface area (Å²) in [5, 5.41) is 0. The van der Waals surface area contributed by atoms with Crippen LogP contribution in [0, 0.1) is 0 Å². The van der Waals surface area contributed by atoms with Crippen LogP contribution in [0.1, 0.15) is 13.8 Å². The van der Waals surface area contributed by atoms with Gasteiger partial charge in [0.05, 0.1) is 6.54 Å². The van der Waals surface area contributed by atoms with Crippen LogP contribution in [-0.2, 0) is 0 Å². The first-order chi connectivity index (χ1) is 5.97. The molecule has 13 heavy (non-hydrogen) atoms. The van der Waals surface area contributed by atoms with Crippen molar-refractivity contribution in [1.82, 2.24) is 9.21 Å². The Kier molecular flexibility index (Phi) is 3.54. The van der Waals surface area contributed by atoms with Crippen LogP contribution in [0.15, 0.2) is 0 Å². The first-order valence-corrected chi connectivity index (χ1v) is 5.59. The van der Waals surface area contributed by atoms with E-state index in [9.17, 15) is 8.78 Å². The van der Waals surface area contributed by atoms with E-state index in [0.717, 1.165) is 22.8 Å². The third kappa shape index (κ3) is 2.54. The summed E-state index contributed by atoms with van der Waals surface area (Å²) >= 11 is 1.12. The molecule has 1 aliphatic heterocycles. The lowest BCUT2D eigenvalue weighted by atomic mass is 10.2. The van der Waals surface area contributed by atoms with Crippen molar-refractivity contribution in [3.8, 4) is 0 Å². The fourth-order valence-corrected chi connectivity index (χ4v) is 2.04. The van der Waals surface area contributed by atoms with Crippen molar-refractivity contribution >= 4 is 11.9 Å². The van der Waals surface area contributed by atoms with E-state index in [2.05, 4.69) is 0 Å². The second-order valence-electron chi connectivity index (χ2n) is 3.51. The topological polar surface area (TPSA) is 6.48 Å². The quantitative estimate of drug-likeness (QED) is 0.507. The SMILES string of the molecule is CSN1CCN(C(C)C)CC1(F)F. The third-order valence-electron chi connectivity index (χ3n) is 2.30. The fourth-order valence-electron chi connectivity index (χ4n) is 1.45. The van der Waals surface area contributed by atoms with Crippen LogP contribution in [0.3, 0.4) is 0 Å². The van der Waals surface area contributed by atoms with Crippen molar-refractivity contribution in [3.05, 3.63) is 0 Å². The summed E-state index contributed by atoms with van der Waals surface area (Å²) in [6.07, 6.45) is 1.69. The van der Waals surface area contributed by atoms with Crippen molar-refractivity contribution in [3.63, 3.8) is 0 Å². The molecule has 0 aromatic carbocycles. The Morgan fingerprint density at radius 1 is 1.31 bits per heavy atom. The molecular weight excluding hydrogens is 194 g/mol. The van der Waals surface area contributed by atoms with E-state index in [1.165, 1.54) is 0 Å². The number of hydrogen-bond donors (Lipinski definition) is 0. The lowest BCUT2D eigenvalue weighted by molar-refractivity contribution is -0.144. The minimum Gasteiger partial charge on any atom is -0.292 e. The van der Waals surface area contributed by atoms with Gasteiger partial charge in [-0.1, -0.05) is 11.9 Å². The lowest BCUT2D eigenvalue weighted by Gasteiger charge is -2.41. The molecule has 0 aliphatic carbocycles. The van der Waals surface area contributed by atoms with Gasteiger partial charge in [-0.15, -0.1) is 0 Å². The first-order valence-electron chi connectivity index (χ1n) is 4.41. The first kappa shape index (κ1) is 11.2. The van der Waals surface area contributed by atoms with Crippen molar-refractivity contribution in [1.29, 1.82) is 0 Å². The second kappa shape index (κ2) is 4.11. The molecule has 1 aliphatic rings. The molecule has 0 atom stereocenters. The highest BCUT2D eigenvalue weighted by atomic mass is 32.2. The van der Waals surface area contributed by atoms with Gasteiger partial charge in [0.25, 0.3) is 0 Å². The number of alkyl halides is 2. The summed E-state index contributed by atoms with van der Waals surface area (Å²) in [4.78, 5) is 1.81. The monoisotopic (exact) mass is 210 g/mol. The van der Waals surface area contributed by atoms with E-state index in [-0.39, 0.29) is 12.6 Å². The number of nitrogens with zero attached hydrogens (tertiary/aromatic N) is 2. The third-order valence-corrected chi connectivity index (χ3v) is 3.19. The zero-order valence-electron chi connectivity index (χ0n) is 8.26. The van der Waals surface area contributed by atoms with E-state index in [1.54, 1.807) is 6.26 Å². The number of halogens is 2. The number of hydrogen-bond acceptors (Lipinski definition) is 3. The maximum Gasteiger partial charge on any atom is 0.326 e. The average Bonchev–Trinajstić information content (AvgIpc) is 2.02. The predicted octanol–water partition coefficient (Wildman–Crippen LogP) is 1.88. The Morgan fingerprint density at radius 3 is 2.31 bits per heavy atom. The van der Waals surface area contributed by atoms with Gasteiger partial charge >= 0.3 is 6.05 Å². The molecule has 0 unspecified atom stereocenters. The van der Waals surface area contributed by atoms with E-state index in [4.69, 9.17) is 0 Å². The molecule has 5 heteroatoms. The standard InChI is InChI=1S/C8H16F2N2S/c1-7(2)11-4-5-12(13-3)8(9,10)6-11/h7H,4-6H2,1-3H3. The van der Waals surface area contributed by atoms with Gasteiger partial charge in [0.15, 0.2) is 0 Å². The minimum atomic E-state index is -2.68. The summed E-state index contributed by atoms with van der Waals surface area (Å²) in [5.74, 6) is 0. The van der Waals surface area contributed by atoms with Crippen molar-refractivity contribution in [2.45, 2.75) is 25.9 Å². The maximum atomic E-state index is 13.3. The molecule has 78 valence electrons. The molecule has 0 amide bonds. The Balaban J connectivity index is 2.59. The van der Waals surface area contributed by atoms with Crippen LogP contribution in [0.25, 0.3) is 0 Å². The van der Waals surface area contributed by atoms with E-state index in [1.807, 2.05) is 18.7 Å². The van der Waals surface area contributed by atoms with Gasteiger partial charge in [0.2, 0.25) is 0 Å². The van der Waals surface area contributed by atoms with E-state index in [0.29, 0.717) is 6.54 Å². The molecule has 0 N–H and O–H groups in total. The van der Waals surface area contributed by atoms with Gasteiger partial charge in [-0.3, -0.25) is 4.90 Å². The second-order valence-corrected chi connectivity index (χ2v) is 4.32. The highest BCUT2D eigenvalue weighted by molar-refractivity contribution is 7.96. The van der Waals surface area contributed by atoms with E-state index >= 15 is 0 Å². The Morgan fingerprint density at radius 2 is 1.92 bits per heavy atom. The molecule has 1 fully saturated rings. The number of piperazine rings is 1. The molecule has 0 saturated carbocycles. The Hall–Kier alpha value is 0.130. The van der Waals surface area contributed by atoms with Gasteiger partial charge in [-0.2, -0.15) is 13.1 Å². The predicted molar refractivity (Wildman–Crippen MR) is 51.9 cm³/mol. The highest BCUT2D eigenvalue weighted by Gasteiger charge is 2.42. The molecule has 0 aromatic rings. The summed E-state index contributed by atoms with van der Waals surface area (Å²) in [7, 11) is 0. The zero-order chi connectivity index (χ0) is 10.1. The molecule has 0 spiro atoms. The summed E-state index contributed by atoms with van der Waals surface area (Å²) in [6, 6.07) is -2.48. The highest BCUT2D eigenvalue weighted by Crippen LogP contribution is 2.30. The smallest absolute Gasteiger partial charge is 0.292 e. The molecule has 2 nitrogen and oxygen atoms in total. The van der Waals surface area contributed by atoms with Gasteiger partial charge in [0, 0.05) is 19.1 Å². The Bertz CT molecular complexity index is 176. The Labute approximate surface area is 82.4 Å². The fraction of sp³-hybridized carbons (Fsp3) is 1.00. The van der Waals surface area contributed by atoms with Crippen LogP contribution in [-0.4, -0.2) is 47.2 Å². The van der Waals surface area contributed by atoms with Crippen LogP contribution in [0.2, 0.25) is 0 Å². The molecule has 0 aromatic heterocycles. The largest absolute Gasteiger partial charge is 0.326 e. The van der Waals surface area contributed by atoms with Crippen LogP contribution in [0.4, 0.5) is 8.78 Å². The molecule has 1 heterocycles. The molecular formula is C8H16F2N2S. The van der Waals surface area contributed by atoms with Gasteiger partial charge < -0.3 is 0 Å². The lowest BCUT2D eigenvalue weighted by Crippen LogP contribution is -2.56. The van der Waals surface area contributed by atoms with Crippen molar-refractivity contribution < 1.29 is 8.78 Å². The van der Waals surface area contributed by atoms with Gasteiger partial charge in [-0.25, -0.2) is 0 Å². The maximum absolute atomic E-state index is 13.3. The molecule has 1 saturated heterocycles. The average molecular weight is 210 g/mol. The van der Waals surface area contributed by atoms with Crippen molar-refractivity contribution in [2.24, 2.45) is 0 Å². The normalized spacial score (nSPS) is 25.4. The van der Waals surface area contributed by atoms with Crippen molar-refractivity contribution in [2.75, 3.05) is 25.9 Å². The zero-order valence-corrected chi connectivity index (χ0v) is 9.07. The molecule has 0 bridgehead atoms. The minimum absolute atomic E-state index is 0.147. The summed E-state index contributed by atoms with van der Waals surface area (Å²) in [5.41, 5.74) is 0. The summed E-state index contributed by atoms with van der Waals surface area (Å²) < 4.78 is 27.8. The van der Waals surface area contributed by atoms with Gasteiger partial charge in [-0.05, 0) is 20.1 Å². The van der Waals surface area contributed by atoms with Crippen LogP contribution < -0.4 is 0 Å². The summed E-state index contributed by atoms with van der Waals surface area (Å²) in [6.45, 7) is 4.92.